The van der Waals surface area contributed by atoms with Gasteiger partial charge in [-0.05, 0) is 47.6 Å². The van der Waals surface area contributed by atoms with Gasteiger partial charge in [-0.3, -0.25) is 14.9 Å². The van der Waals surface area contributed by atoms with Crippen LogP contribution >= 0.6 is 11.8 Å². The second kappa shape index (κ2) is 6.76. The van der Waals surface area contributed by atoms with Crippen LogP contribution in [0.5, 0.6) is 0 Å². The summed E-state index contributed by atoms with van der Waals surface area (Å²) >= 11 is 1.07. The summed E-state index contributed by atoms with van der Waals surface area (Å²) in [6.45, 7) is 0. The zero-order valence-corrected chi connectivity index (χ0v) is 14.4. The molecule has 1 unspecified atom stereocenters. The normalized spacial score (nSPS) is 17.2. The molecule has 5 heteroatoms. The van der Waals surface area contributed by atoms with Gasteiger partial charge in [0.15, 0.2) is 0 Å². The SMILES string of the molecule is O=C1NC(=O)C(Cc2cc3cc(CCc4ccccc4)ccc3[nH]2)S1. The van der Waals surface area contributed by atoms with E-state index in [2.05, 4.69) is 58.8 Å². The second-order valence-electron chi connectivity index (χ2n) is 6.29. The van der Waals surface area contributed by atoms with Gasteiger partial charge in [0.2, 0.25) is 5.91 Å². The Morgan fingerprint density at radius 3 is 2.48 bits per heavy atom. The van der Waals surface area contributed by atoms with Crippen LogP contribution in [0, 0.1) is 0 Å². The van der Waals surface area contributed by atoms with E-state index in [1.165, 1.54) is 11.1 Å². The fourth-order valence-corrected chi connectivity index (χ4v) is 4.02. The number of carbonyl (C=O) groups excluding carboxylic acids is 2. The van der Waals surface area contributed by atoms with Gasteiger partial charge in [0, 0.05) is 17.6 Å². The minimum Gasteiger partial charge on any atom is -0.358 e. The quantitative estimate of drug-likeness (QED) is 0.735. The Morgan fingerprint density at radius 1 is 0.920 bits per heavy atom. The fraction of sp³-hybridized carbons (Fsp3) is 0.200. The molecule has 1 saturated heterocycles. The van der Waals surface area contributed by atoms with Crippen molar-refractivity contribution in [3.63, 3.8) is 0 Å². The summed E-state index contributed by atoms with van der Waals surface area (Å²) in [6.07, 6.45) is 2.55. The topological polar surface area (TPSA) is 62.0 Å². The Bertz CT molecular complexity index is 933. The first-order valence-electron chi connectivity index (χ1n) is 8.33. The van der Waals surface area contributed by atoms with Gasteiger partial charge in [-0.25, -0.2) is 0 Å². The highest BCUT2D eigenvalue weighted by molar-refractivity contribution is 8.15. The Hall–Kier alpha value is -2.53. The number of aromatic nitrogens is 1. The Balaban J connectivity index is 1.47. The standard InChI is InChI=1S/C20H18N2O2S/c23-19-18(25-20(24)22-19)12-16-11-15-10-14(8-9-17(15)21-16)7-6-13-4-2-1-3-5-13/h1-5,8-11,18,21H,6-7,12H2,(H,22,23,24). The van der Waals surface area contributed by atoms with Gasteiger partial charge >= 0.3 is 0 Å². The first kappa shape index (κ1) is 16.0. The van der Waals surface area contributed by atoms with E-state index in [1.54, 1.807) is 0 Å². The average Bonchev–Trinajstić information content (AvgIpc) is 3.15. The molecule has 1 aliphatic heterocycles. The van der Waals surface area contributed by atoms with E-state index in [-0.39, 0.29) is 16.4 Å². The second-order valence-corrected chi connectivity index (χ2v) is 7.46. The zero-order valence-electron chi connectivity index (χ0n) is 13.6. The van der Waals surface area contributed by atoms with Gasteiger partial charge in [-0.1, -0.05) is 48.2 Å². The first-order valence-corrected chi connectivity index (χ1v) is 9.21. The van der Waals surface area contributed by atoms with Crippen LogP contribution in [0.25, 0.3) is 10.9 Å². The fourth-order valence-electron chi connectivity index (χ4n) is 3.17. The molecule has 1 atom stereocenters. The Morgan fingerprint density at radius 2 is 1.72 bits per heavy atom. The van der Waals surface area contributed by atoms with Crippen LogP contribution in [-0.4, -0.2) is 21.4 Å². The molecule has 0 spiro atoms. The number of benzene rings is 2. The first-order chi connectivity index (χ1) is 12.2. The smallest absolute Gasteiger partial charge is 0.286 e. The molecule has 0 radical (unpaired) electrons. The summed E-state index contributed by atoms with van der Waals surface area (Å²) in [5.41, 5.74) is 4.68. The maximum Gasteiger partial charge on any atom is 0.286 e. The van der Waals surface area contributed by atoms with Crippen LogP contribution in [0.3, 0.4) is 0 Å². The molecule has 0 aliphatic carbocycles. The van der Waals surface area contributed by atoms with Crippen LogP contribution < -0.4 is 5.32 Å². The monoisotopic (exact) mass is 350 g/mol. The third kappa shape index (κ3) is 3.61. The number of imide groups is 1. The zero-order chi connectivity index (χ0) is 17.2. The van der Waals surface area contributed by atoms with Crippen molar-refractivity contribution in [1.82, 2.24) is 10.3 Å². The van der Waals surface area contributed by atoms with Gasteiger partial charge in [0.25, 0.3) is 5.24 Å². The molecule has 2 aromatic carbocycles. The molecule has 3 aromatic rings. The molecule has 2 amide bonds. The van der Waals surface area contributed by atoms with Gasteiger partial charge in [-0.2, -0.15) is 0 Å². The van der Waals surface area contributed by atoms with Gasteiger partial charge in [0.1, 0.15) is 0 Å². The maximum atomic E-state index is 11.7. The van der Waals surface area contributed by atoms with Crippen molar-refractivity contribution in [2.24, 2.45) is 0 Å². The van der Waals surface area contributed by atoms with E-state index < -0.39 is 0 Å². The maximum absolute atomic E-state index is 11.7. The third-order valence-electron chi connectivity index (χ3n) is 4.46. The van der Waals surface area contributed by atoms with E-state index in [4.69, 9.17) is 0 Å². The number of carbonyl (C=O) groups is 2. The van der Waals surface area contributed by atoms with Crippen molar-refractivity contribution in [3.05, 3.63) is 71.4 Å². The molecule has 4 nitrogen and oxygen atoms in total. The highest BCUT2D eigenvalue weighted by Crippen LogP contribution is 2.25. The molecule has 0 saturated carbocycles. The predicted octanol–water partition coefficient (Wildman–Crippen LogP) is 3.85. The van der Waals surface area contributed by atoms with Gasteiger partial charge < -0.3 is 4.98 Å². The van der Waals surface area contributed by atoms with E-state index in [1.807, 2.05) is 6.07 Å². The van der Waals surface area contributed by atoms with Gasteiger partial charge in [-0.15, -0.1) is 0 Å². The summed E-state index contributed by atoms with van der Waals surface area (Å²) in [6, 6.07) is 19.0. The van der Waals surface area contributed by atoms with Crippen molar-refractivity contribution < 1.29 is 9.59 Å². The van der Waals surface area contributed by atoms with Crippen molar-refractivity contribution in [2.75, 3.05) is 0 Å². The van der Waals surface area contributed by atoms with Crippen molar-refractivity contribution in [1.29, 1.82) is 0 Å². The molecule has 1 aliphatic rings. The number of hydrogen-bond acceptors (Lipinski definition) is 3. The molecule has 4 rings (SSSR count). The van der Waals surface area contributed by atoms with Gasteiger partial charge in [0.05, 0.1) is 5.25 Å². The molecule has 2 N–H and O–H groups in total. The molecule has 1 aromatic heterocycles. The largest absolute Gasteiger partial charge is 0.358 e. The molecular weight excluding hydrogens is 332 g/mol. The lowest BCUT2D eigenvalue weighted by Gasteiger charge is -2.02. The van der Waals surface area contributed by atoms with E-state index in [0.29, 0.717) is 6.42 Å². The summed E-state index contributed by atoms with van der Waals surface area (Å²) in [5, 5.41) is 2.89. The minimum absolute atomic E-state index is 0.197. The Kier molecular flexibility index (Phi) is 4.32. The van der Waals surface area contributed by atoms with Crippen molar-refractivity contribution >= 4 is 33.8 Å². The number of nitrogens with one attached hydrogen (secondary N) is 2. The van der Waals surface area contributed by atoms with Crippen LogP contribution in [0.4, 0.5) is 4.79 Å². The van der Waals surface area contributed by atoms with E-state index in [0.717, 1.165) is 41.2 Å². The van der Waals surface area contributed by atoms with E-state index in [9.17, 15) is 9.59 Å². The van der Waals surface area contributed by atoms with Crippen LogP contribution in [0.1, 0.15) is 16.8 Å². The lowest BCUT2D eigenvalue weighted by molar-refractivity contribution is -0.118. The number of aromatic amines is 1. The minimum atomic E-state index is -0.335. The molecule has 126 valence electrons. The number of thioether (sulfide) groups is 1. The summed E-state index contributed by atoms with van der Waals surface area (Å²) in [7, 11) is 0. The molecular formula is C20H18N2O2S. The van der Waals surface area contributed by atoms with Crippen molar-refractivity contribution in [2.45, 2.75) is 24.5 Å². The van der Waals surface area contributed by atoms with Crippen LogP contribution in [-0.2, 0) is 24.1 Å². The number of rotatable bonds is 5. The molecule has 0 bridgehead atoms. The summed E-state index contributed by atoms with van der Waals surface area (Å²) in [5.74, 6) is -0.197. The predicted molar refractivity (Wildman–Crippen MR) is 101 cm³/mol. The number of amides is 2. The summed E-state index contributed by atoms with van der Waals surface area (Å²) < 4.78 is 0. The highest BCUT2D eigenvalue weighted by atomic mass is 32.2. The lowest BCUT2D eigenvalue weighted by atomic mass is 10.0. The van der Waals surface area contributed by atoms with Crippen LogP contribution in [0.2, 0.25) is 0 Å². The molecule has 1 fully saturated rings. The highest BCUT2D eigenvalue weighted by Gasteiger charge is 2.31. The molecule has 2 heterocycles. The number of fused-ring (bicyclic) bond motifs is 1. The summed E-state index contributed by atoms with van der Waals surface area (Å²) in [4.78, 5) is 26.3. The number of hydrogen-bond donors (Lipinski definition) is 2. The third-order valence-corrected chi connectivity index (χ3v) is 5.44. The number of H-pyrrole nitrogens is 1. The Labute approximate surface area is 150 Å². The van der Waals surface area contributed by atoms with E-state index >= 15 is 0 Å². The lowest BCUT2D eigenvalue weighted by Crippen LogP contribution is -2.25. The van der Waals surface area contributed by atoms with Crippen molar-refractivity contribution in [3.8, 4) is 0 Å². The van der Waals surface area contributed by atoms with Crippen LogP contribution in [0.15, 0.2) is 54.6 Å². The number of aryl methyl sites for hydroxylation is 2. The average molecular weight is 350 g/mol. The molecule has 25 heavy (non-hydrogen) atoms.